The lowest BCUT2D eigenvalue weighted by molar-refractivity contribution is -0.137. The Morgan fingerprint density at radius 3 is 2.68 bits per heavy atom. The normalized spacial score (nSPS) is 11.5. The first-order valence-electron chi connectivity index (χ1n) is 6.45. The zero-order chi connectivity index (χ0) is 16.3. The number of hydrogen-bond donors (Lipinski definition) is 2. The summed E-state index contributed by atoms with van der Waals surface area (Å²) in [6, 6.07) is 4.35. The fourth-order valence-electron chi connectivity index (χ4n) is 1.74. The minimum absolute atomic E-state index is 0.0201. The van der Waals surface area contributed by atoms with Crippen LogP contribution in [0, 0.1) is 0 Å². The van der Waals surface area contributed by atoms with Crippen molar-refractivity contribution < 1.29 is 23.1 Å². The van der Waals surface area contributed by atoms with Crippen molar-refractivity contribution in [3.63, 3.8) is 0 Å². The molecule has 1 aromatic carbocycles. The van der Waals surface area contributed by atoms with Crippen molar-refractivity contribution in [2.45, 2.75) is 19.5 Å². The maximum absolute atomic E-state index is 12.7. The molecule has 0 aliphatic heterocycles. The van der Waals surface area contributed by atoms with Gasteiger partial charge in [-0.25, -0.2) is 4.79 Å². The predicted octanol–water partition coefficient (Wildman–Crippen LogP) is 2.81. The zero-order valence-electron chi connectivity index (χ0n) is 11.6. The van der Waals surface area contributed by atoms with Gasteiger partial charge < -0.3 is 10.4 Å². The number of rotatable bonds is 5. The van der Waals surface area contributed by atoms with Crippen LogP contribution in [0.25, 0.3) is 5.69 Å². The number of carbonyl (C=O) groups is 1. The van der Waals surface area contributed by atoms with Crippen molar-refractivity contribution in [2.75, 3.05) is 11.9 Å². The van der Waals surface area contributed by atoms with Crippen LogP contribution in [-0.2, 0) is 6.18 Å². The molecule has 9 heteroatoms. The lowest BCUT2D eigenvalue weighted by atomic mass is 10.2. The summed E-state index contributed by atoms with van der Waals surface area (Å²) in [5, 5.41) is 19.5. The molecule has 2 aromatic rings. The number of anilines is 1. The molecule has 0 unspecified atom stereocenters. The molecular formula is C13H13F3N4O2. The van der Waals surface area contributed by atoms with Gasteiger partial charge in [0.15, 0.2) is 5.82 Å². The summed E-state index contributed by atoms with van der Waals surface area (Å²) in [4.78, 5) is 12.0. The van der Waals surface area contributed by atoms with E-state index in [2.05, 4.69) is 15.5 Å². The van der Waals surface area contributed by atoms with Crippen molar-refractivity contribution in [3.05, 3.63) is 35.5 Å². The molecule has 1 aromatic heterocycles. The summed E-state index contributed by atoms with van der Waals surface area (Å²) < 4.78 is 38.1. The Bertz CT molecular complexity index is 682. The van der Waals surface area contributed by atoms with Crippen molar-refractivity contribution in [2.24, 2.45) is 0 Å². The van der Waals surface area contributed by atoms with Crippen LogP contribution in [0.3, 0.4) is 0 Å². The molecule has 0 bridgehead atoms. The summed E-state index contributed by atoms with van der Waals surface area (Å²) in [5.74, 6) is -1.29. The SMILES string of the molecule is CCCNc1nn(-c2cccc(C(F)(F)F)c2)nc1C(=O)O. The summed E-state index contributed by atoms with van der Waals surface area (Å²) >= 11 is 0. The number of hydrogen-bond acceptors (Lipinski definition) is 4. The number of alkyl halides is 3. The molecule has 0 saturated carbocycles. The third-order valence-electron chi connectivity index (χ3n) is 2.76. The van der Waals surface area contributed by atoms with E-state index in [1.807, 2.05) is 6.92 Å². The summed E-state index contributed by atoms with van der Waals surface area (Å²) in [5.41, 5.74) is -1.17. The number of aromatic nitrogens is 3. The Morgan fingerprint density at radius 2 is 2.09 bits per heavy atom. The van der Waals surface area contributed by atoms with Gasteiger partial charge in [0, 0.05) is 6.54 Å². The topological polar surface area (TPSA) is 80.0 Å². The number of aromatic carboxylic acids is 1. The van der Waals surface area contributed by atoms with Gasteiger partial charge in [-0.05, 0) is 24.6 Å². The van der Waals surface area contributed by atoms with E-state index >= 15 is 0 Å². The highest BCUT2D eigenvalue weighted by molar-refractivity contribution is 5.90. The highest BCUT2D eigenvalue weighted by Crippen LogP contribution is 2.30. The predicted molar refractivity (Wildman–Crippen MR) is 72.1 cm³/mol. The Hall–Kier alpha value is -2.58. The number of carboxylic acid groups (broad SMARTS) is 1. The standard InChI is InChI=1S/C13H13F3N4O2/c1-2-6-17-11-10(12(21)22)18-20(19-11)9-5-3-4-8(7-9)13(14,15)16/h3-5,7H,2,6H2,1H3,(H,17,19)(H,21,22). The molecule has 0 saturated heterocycles. The van der Waals surface area contributed by atoms with Crippen LogP contribution in [-0.4, -0.2) is 32.6 Å². The molecule has 0 fully saturated rings. The van der Waals surface area contributed by atoms with Gasteiger partial charge >= 0.3 is 12.1 Å². The molecule has 1 heterocycles. The monoisotopic (exact) mass is 314 g/mol. The first kappa shape index (κ1) is 15.8. The molecule has 2 N–H and O–H groups in total. The summed E-state index contributed by atoms with van der Waals surface area (Å²) in [7, 11) is 0. The van der Waals surface area contributed by atoms with Crippen LogP contribution in [0.15, 0.2) is 24.3 Å². The first-order valence-corrected chi connectivity index (χ1v) is 6.45. The Kier molecular flexibility index (Phi) is 4.34. The highest BCUT2D eigenvalue weighted by Gasteiger charge is 2.31. The van der Waals surface area contributed by atoms with Gasteiger partial charge in [0.2, 0.25) is 5.69 Å². The number of benzene rings is 1. The zero-order valence-corrected chi connectivity index (χ0v) is 11.6. The minimum Gasteiger partial charge on any atom is -0.476 e. The average molecular weight is 314 g/mol. The van der Waals surface area contributed by atoms with Crippen LogP contribution >= 0.6 is 0 Å². The van der Waals surface area contributed by atoms with Gasteiger partial charge in [-0.1, -0.05) is 13.0 Å². The number of nitrogens with zero attached hydrogens (tertiary/aromatic N) is 3. The second-order valence-corrected chi connectivity index (χ2v) is 4.47. The van der Waals surface area contributed by atoms with E-state index in [0.717, 1.165) is 23.4 Å². The molecule has 0 aliphatic rings. The molecular weight excluding hydrogens is 301 g/mol. The molecule has 0 aliphatic carbocycles. The van der Waals surface area contributed by atoms with Crippen molar-refractivity contribution >= 4 is 11.8 Å². The molecule has 0 radical (unpaired) electrons. The lowest BCUT2D eigenvalue weighted by Gasteiger charge is -2.07. The Morgan fingerprint density at radius 1 is 1.36 bits per heavy atom. The average Bonchev–Trinajstić information content (AvgIpc) is 2.88. The Labute approximate surface area is 123 Å². The van der Waals surface area contributed by atoms with Gasteiger partial charge in [0.05, 0.1) is 11.3 Å². The van der Waals surface area contributed by atoms with Gasteiger partial charge in [0.1, 0.15) is 0 Å². The number of halogens is 3. The minimum atomic E-state index is -4.50. The first-order chi connectivity index (χ1) is 10.3. The molecule has 0 atom stereocenters. The van der Waals surface area contributed by atoms with Gasteiger partial charge in [-0.15, -0.1) is 15.0 Å². The van der Waals surface area contributed by atoms with Gasteiger partial charge in [0.25, 0.3) is 0 Å². The smallest absolute Gasteiger partial charge is 0.416 e. The molecule has 118 valence electrons. The van der Waals surface area contributed by atoms with E-state index in [0.29, 0.717) is 6.54 Å². The largest absolute Gasteiger partial charge is 0.476 e. The quantitative estimate of drug-likeness (QED) is 0.887. The second-order valence-electron chi connectivity index (χ2n) is 4.47. The van der Waals surface area contributed by atoms with Gasteiger partial charge in [-0.3, -0.25) is 0 Å². The van der Waals surface area contributed by atoms with Gasteiger partial charge in [-0.2, -0.15) is 13.2 Å². The summed E-state index contributed by atoms with van der Waals surface area (Å²) in [6.45, 7) is 2.35. The summed E-state index contributed by atoms with van der Waals surface area (Å²) in [6.07, 6.45) is -3.77. The molecule has 22 heavy (non-hydrogen) atoms. The van der Waals surface area contributed by atoms with Crippen molar-refractivity contribution in [1.82, 2.24) is 15.0 Å². The maximum Gasteiger partial charge on any atom is 0.416 e. The fraction of sp³-hybridized carbons (Fsp3) is 0.308. The maximum atomic E-state index is 12.7. The molecule has 6 nitrogen and oxygen atoms in total. The lowest BCUT2D eigenvalue weighted by Crippen LogP contribution is -2.07. The van der Waals surface area contributed by atoms with E-state index < -0.39 is 17.7 Å². The molecule has 2 rings (SSSR count). The van der Waals surface area contributed by atoms with E-state index in [1.54, 1.807) is 0 Å². The third kappa shape index (κ3) is 3.35. The number of nitrogens with one attached hydrogen (secondary N) is 1. The van der Waals surface area contributed by atoms with E-state index in [1.165, 1.54) is 12.1 Å². The van der Waals surface area contributed by atoms with E-state index in [9.17, 15) is 18.0 Å². The van der Waals surface area contributed by atoms with Crippen LogP contribution in [0.2, 0.25) is 0 Å². The number of carboxylic acids is 1. The van der Waals surface area contributed by atoms with Crippen molar-refractivity contribution in [1.29, 1.82) is 0 Å². The fourth-order valence-corrected chi connectivity index (χ4v) is 1.74. The third-order valence-corrected chi connectivity index (χ3v) is 2.76. The Balaban J connectivity index is 2.42. The van der Waals surface area contributed by atoms with Crippen LogP contribution in [0.1, 0.15) is 29.4 Å². The van der Waals surface area contributed by atoms with E-state index in [4.69, 9.17) is 5.11 Å². The van der Waals surface area contributed by atoms with Crippen molar-refractivity contribution in [3.8, 4) is 5.69 Å². The van der Waals surface area contributed by atoms with Crippen LogP contribution in [0.4, 0.5) is 19.0 Å². The second kappa shape index (κ2) is 6.04. The highest BCUT2D eigenvalue weighted by atomic mass is 19.4. The molecule has 0 amide bonds. The van der Waals surface area contributed by atoms with Crippen LogP contribution in [0.5, 0.6) is 0 Å². The van der Waals surface area contributed by atoms with Crippen LogP contribution < -0.4 is 5.32 Å². The molecule has 0 spiro atoms. The van der Waals surface area contributed by atoms with E-state index in [-0.39, 0.29) is 17.2 Å².